The van der Waals surface area contributed by atoms with E-state index in [9.17, 15) is 9.59 Å². The zero-order chi connectivity index (χ0) is 22.3. The highest BCUT2D eigenvalue weighted by molar-refractivity contribution is 6.42. The molecule has 2 heterocycles. The number of hydrogen-bond donors (Lipinski definition) is 1. The fourth-order valence-electron chi connectivity index (χ4n) is 3.31. The van der Waals surface area contributed by atoms with Crippen molar-refractivity contribution >= 4 is 46.0 Å². The first kappa shape index (κ1) is 20.7. The van der Waals surface area contributed by atoms with E-state index in [4.69, 9.17) is 28.5 Å². The third-order valence-electron chi connectivity index (χ3n) is 4.93. The molecule has 0 unspecified atom stereocenters. The number of hydrogen-bond acceptors (Lipinski definition) is 5. The number of aryl methyl sites for hydroxylation is 2. The van der Waals surface area contributed by atoms with Crippen molar-refractivity contribution in [2.24, 2.45) is 14.1 Å². The average molecular weight is 455 g/mol. The highest BCUT2D eigenvalue weighted by Crippen LogP contribution is 2.23. The first-order chi connectivity index (χ1) is 14.8. The first-order valence-corrected chi connectivity index (χ1v) is 9.93. The quantitative estimate of drug-likeness (QED) is 0.509. The monoisotopic (exact) mass is 454 g/mol. The van der Waals surface area contributed by atoms with Crippen LogP contribution >= 0.6 is 23.2 Å². The summed E-state index contributed by atoms with van der Waals surface area (Å²) >= 11 is 12.0. The molecule has 156 valence electrons. The highest BCUT2D eigenvalue weighted by atomic mass is 35.5. The molecule has 1 N–H and O–H groups in total. The molecule has 4 aromatic rings. The third-order valence-corrected chi connectivity index (χ3v) is 5.67. The van der Waals surface area contributed by atoms with Crippen molar-refractivity contribution in [2.75, 3.05) is 5.32 Å². The molecule has 2 aromatic carbocycles. The van der Waals surface area contributed by atoms with Crippen LogP contribution < -0.4 is 16.6 Å². The minimum Gasteiger partial charge on any atom is -0.326 e. The zero-order valence-electron chi connectivity index (χ0n) is 16.6. The molecule has 10 heteroatoms. The third kappa shape index (κ3) is 3.69. The molecule has 8 nitrogen and oxygen atoms in total. The van der Waals surface area contributed by atoms with E-state index in [-0.39, 0.29) is 17.7 Å². The Morgan fingerprint density at radius 1 is 1.06 bits per heavy atom. The Kier molecular flexibility index (Phi) is 5.31. The maximum atomic E-state index is 13.2. The molecule has 0 amide bonds. The lowest BCUT2D eigenvalue weighted by atomic mass is 10.2. The molecule has 4 rings (SSSR count). The molecular formula is C21H16Cl2N6O2. The molecular weight excluding hydrogens is 439 g/mol. The van der Waals surface area contributed by atoms with Gasteiger partial charge in [-0.25, -0.2) is 4.79 Å². The average Bonchev–Trinajstić information content (AvgIpc) is 3.08. The standard InChI is InChI=1S/C21H16Cl2N6O2/c1-27-17-18(26-20(27)25-14-5-3-4-12(8-14)10-24)28(2)21(31)29(19(17)30)11-13-6-7-15(22)16(23)9-13/h3-9H,11H2,1-2H3,(H,25,26). The van der Waals surface area contributed by atoms with Crippen LogP contribution in [0, 0.1) is 11.3 Å². The summed E-state index contributed by atoms with van der Waals surface area (Å²) in [6, 6.07) is 13.9. The van der Waals surface area contributed by atoms with E-state index in [1.165, 1.54) is 4.57 Å². The lowest BCUT2D eigenvalue weighted by Crippen LogP contribution is -2.39. The largest absolute Gasteiger partial charge is 0.332 e. The Bertz CT molecular complexity index is 1490. The molecule has 0 aliphatic rings. The van der Waals surface area contributed by atoms with E-state index in [1.54, 1.807) is 61.1 Å². The SMILES string of the molecule is Cn1c(Nc2cccc(C#N)c2)nc2c1c(=O)n(Cc1ccc(Cl)c(Cl)c1)c(=O)n2C. The summed E-state index contributed by atoms with van der Waals surface area (Å²) in [7, 11) is 3.24. The van der Waals surface area contributed by atoms with Crippen LogP contribution in [0.1, 0.15) is 11.1 Å². The number of nitrogens with zero attached hydrogens (tertiary/aromatic N) is 5. The van der Waals surface area contributed by atoms with Gasteiger partial charge in [-0.2, -0.15) is 10.2 Å². The number of anilines is 2. The molecule has 0 saturated heterocycles. The number of aromatic nitrogens is 4. The van der Waals surface area contributed by atoms with E-state index >= 15 is 0 Å². The number of nitriles is 1. The van der Waals surface area contributed by atoms with Crippen LogP contribution in [0.15, 0.2) is 52.1 Å². The lowest BCUT2D eigenvalue weighted by molar-refractivity contribution is 0.655. The van der Waals surface area contributed by atoms with E-state index in [0.717, 1.165) is 4.57 Å². The van der Waals surface area contributed by atoms with Gasteiger partial charge in [-0.15, -0.1) is 0 Å². The summed E-state index contributed by atoms with van der Waals surface area (Å²) < 4.78 is 4.04. The second kappa shape index (κ2) is 7.95. The van der Waals surface area contributed by atoms with Crippen LogP contribution in [-0.2, 0) is 20.6 Å². The molecule has 0 bridgehead atoms. The summed E-state index contributed by atoms with van der Waals surface area (Å²) in [5, 5.41) is 12.9. The Morgan fingerprint density at radius 3 is 2.55 bits per heavy atom. The van der Waals surface area contributed by atoms with Crippen LogP contribution in [-0.4, -0.2) is 18.7 Å². The van der Waals surface area contributed by atoms with E-state index < -0.39 is 11.2 Å². The zero-order valence-corrected chi connectivity index (χ0v) is 18.1. The van der Waals surface area contributed by atoms with E-state index in [1.807, 2.05) is 0 Å². The van der Waals surface area contributed by atoms with Gasteiger partial charge in [-0.1, -0.05) is 35.3 Å². The normalized spacial score (nSPS) is 10.9. The summed E-state index contributed by atoms with van der Waals surface area (Å²) in [6.07, 6.45) is 0. The smallest absolute Gasteiger partial charge is 0.326 e. The molecule has 31 heavy (non-hydrogen) atoms. The Balaban J connectivity index is 1.83. The fraction of sp³-hybridized carbons (Fsp3) is 0.143. The van der Waals surface area contributed by atoms with Crippen LogP contribution in [0.3, 0.4) is 0 Å². The fourth-order valence-corrected chi connectivity index (χ4v) is 3.63. The Morgan fingerprint density at radius 2 is 1.84 bits per heavy atom. The minimum absolute atomic E-state index is 0.0382. The van der Waals surface area contributed by atoms with E-state index in [2.05, 4.69) is 16.4 Å². The van der Waals surface area contributed by atoms with Crippen molar-refractivity contribution in [3.05, 3.63) is 84.5 Å². The van der Waals surface area contributed by atoms with Gasteiger partial charge in [0, 0.05) is 19.8 Å². The number of halogens is 2. The van der Waals surface area contributed by atoms with Gasteiger partial charge >= 0.3 is 5.69 Å². The summed E-state index contributed by atoms with van der Waals surface area (Å²) in [5.41, 5.74) is 1.33. The van der Waals surface area contributed by atoms with Crippen LogP contribution in [0.25, 0.3) is 11.2 Å². The second-order valence-electron chi connectivity index (χ2n) is 6.97. The van der Waals surface area contributed by atoms with Gasteiger partial charge in [0.05, 0.1) is 28.2 Å². The van der Waals surface area contributed by atoms with Gasteiger partial charge < -0.3 is 9.88 Å². The maximum absolute atomic E-state index is 13.2. The second-order valence-corrected chi connectivity index (χ2v) is 7.78. The Hall–Kier alpha value is -3.54. The molecule has 0 aliphatic carbocycles. The number of imidazole rings is 1. The molecule has 0 fully saturated rings. The van der Waals surface area contributed by atoms with Crippen LogP contribution in [0.5, 0.6) is 0 Å². The van der Waals surface area contributed by atoms with Gasteiger partial charge in [0.1, 0.15) is 0 Å². The number of nitrogens with one attached hydrogen (secondary N) is 1. The van der Waals surface area contributed by atoms with Crippen molar-refractivity contribution in [1.82, 2.24) is 18.7 Å². The van der Waals surface area contributed by atoms with Gasteiger partial charge in [-0.05, 0) is 35.9 Å². The van der Waals surface area contributed by atoms with Crippen molar-refractivity contribution in [3.8, 4) is 6.07 Å². The van der Waals surface area contributed by atoms with Crippen LogP contribution in [0.4, 0.5) is 11.6 Å². The summed E-state index contributed by atoms with van der Waals surface area (Å²) in [4.78, 5) is 30.5. The predicted molar refractivity (Wildman–Crippen MR) is 120 cm³/mol. The molecule has 0 aliphatic heterocycles. The topological polar surface area (TPSA) is 97.6 Å². The van der Waals surface area contributed by atoms with Crippen LogP contribution in [0.2, 0.25) is 10.0 Å². The number of benzene rings is 2. The number of fused-ring (bicyclic) bond motifs is 1. The van der Waals surface area contributed by atoms with Gasteiger partial charge in [0.25, 0.3) is 5.56 Å². The highest BCUT2D eigenvalue weighted by Gasteiger charge is 2.19. The van der Waals surface area contributed by atoms with Gasteiger partial charge in [-0.3, -0.25) is 13.9 Å². The van der Waals surface area contributed by atoms with Crippen molar-refractivity contribution in [2.45, 2.75) is 6.54 Å². The summed E-state index contributed by atoms with van der Waals surface area (Å²) in [6.45, 7) is 0.0382. The van der Waals surface area contributed by atoms with Gasteiger partial charge in [0.15, 0.2) is 11.2 Å². The summed E-state index contributed by atoms with van der Waals surface area (Å²) in [5.74, 6) is 0.365. The lowest BCUT2D eigenvalue weighted by Gasteiger charge is -2.09. The van der Waals surface area contributed by atoms with Crippen molar-refractivity contribution in [1.29, 1.82) is 5.26 Å². The molecule has 0 radical (unpaired) electrons. The van der Waals surface area contributed by atoms with Gasteiger partial charge in [0.2, 0.25) is 5.95 Å². The molecule has 2 aromatic heterocycles. The van der Waals surface area contributed by atoms with E-state index in [0.29, 0.717) is 32.8 Å². The molecule has 0 saturated carbocycles. The Labute approximate surface area is 186 Å². The minimum atomic E-state index is -0.500. The predicted octanol–water partition coefficient (Wildman–Crippen LogP) is 3.40. The molecule has 0 atom stereocenters. The van der Waals surface area contributed by atoms with Crippen molar-refractivity contribution in [3.63, 3.8) is 0 Å². The van der Waals surface area contributed by atoms with Crippen molar-refractivity contribution < 1.29 is 0 Å². The maximum Gasteiger partial charge on any atom is 0.332 e. The first-order valence-electron chi connectivity index (χ1n) is 9.17. The molecule has 0 spiro atoms. The number of rotatable bonds is 4.